The summed E-state index contributed by atoms with van der Waals surface area (Å²) < 4.78 is 5.39. The molecule has 1 fully saturated rings. The minimum Gasteiger partial charge on any atom is -0.379 e. The SMILES string of the molecule is c1cc2cc(-c3ccc(CN4CCOCC4)cc3)cnc2[nH]1. The molecule has 1 aromatic carbocycles. The van der Waals surface area contributed by atoms with Gasteiger partial charge in [-0.3, -0.25) is 4.90 Å². The van der Waals surface area contributed by atoms with Crippen LogP contribution in [0.5, 0.6) is 0 Å². The van der Waals surface area contributed by atoms with Crippen LogP contribution in [0.15, 0.2) is 48.8 Å². The zero-order valence-corrected chi connectivity index (χ0v) is 12.5. The van der Waals surface area contributed by atoms with E-state index in [1.807, 2.05) is 12.4 Å². The van der Waals surface area contributed by atoms with Crippen molar-refractivity contribution in [3.63, 3.8) is 0 Å². The van der Waals surface area contributed by atoms with Gasteiger partial charge in [0, 0.05) is 43.0 Å². The molecule has 2 aromatic heterocycles. The molecule has 3 heterocycles. The van der Waals surface area contributed by atoms with E-state index < -0.39 is 0 Å². The highest BCUT2D eigenvalue weighted by atomic mass is 16.5. The fraction of sp³-hybridized carbons (Fsp3) is 0.278. The maximum absolute atomic E-state index is 5.39. The lowest BCUT2D eigenvalue weighted by molar-refractivity contribution is 0.0342. The van der Waals surface area contributed by atoms with Crippen molar-refractivity contribution in [2.24, 2.45) is 0 Å². The molecule has 1 aliphatic heterocycles. The Morgan fingerprint density at radius 2 is 1.86 bits per heavy atom. The molecule has 4 heteroatoms. The Balaban J connectivity index is 1.53. The summed E-state index contributed by atoms with van der Waals surface area (Å²) in [7, 11) is 0. The van der Waals surface area contributed by atoms with Gasteiger partial charge in [0.05, 0.1) is 13.2 Å². The number of hydrogen-bond donors (Lipinski definition) is 1. The summed E-state index contributed by atoms with van der Waals surface area (Å²) in [5, 5.41) is 1.15. The van der Waals surface area contributed by atoms with Gasteiger partial charge in [0.2, 0.25) is 0 Å². The Morgan fingerprint density at radius 1 is 1.05 bits per heavy atom. The van der Waals surface area contributed by atoms with E-state index in [1.54, 1.807) is 0 Å². The van der Waals surface area contributed by atoms with Gasteiger partial charge >= 0.3 is 0 Å². The normalized spacial score (nSPS) is 16.2. The maximum Gasteiger partial charge on any atom is 0.137 e. The summed E-state index contributed by atoms with van der Waals surface area (Å²) in [6, 6.07) is 13.0. The highest BCUT2D eigenvalue weighted by Crippen LogP contribution is 2.23. The third kappa shape index (κ3) is 2.75. The molecule has 0 bridgehead atoms. The molecular formula is C18H19N3O. The summed E-state index contributed by atoms with van der Waals surface area (Å²) in [5.74, 6) is 0. The first-order valence-electron chi connectivity index (χ1n) is 7.71. The molecule has 1 N–H and O–H groups in total. The number of ether oxygens (including phenoxy) is 1. The van der Waals surface area contributed by atoms with Gasteiger partial charge in [-0.25, -0.2) is 4.98 Å². The predicted octanol–water partition coefficient (Wildman–Crippen LogP) is 3.06. The highest BCUT2D eigenvalue weighted by molar-refractivity contribution is 5.81. The van der Waals surface area contributed by atoms with Gasteiger partial charge in [0.1, 0.15) is 5.65 Å². The molecule has 0 aliphatic carbocycles. The number of rotatable bonds is 3. The zero-order valence-electron chi connectivity index (χ0n) is 12.5. The molecular weight excluding hydrogens is 274 g/mol. The van der Waals surface area contributed by atoms with E-state index in [0.29, 0.717) is 0 Å². The lowest BCUT2D eigenvalue weighted by atomic mass is 10.0. The Labute approximate surface area is 129 Å². The van der Waals surface area contributed by atoms with Crippen molar-refractivity contribution < 1.29 is 4.74 Å². The Bertz CT molecular complexity index is 757. The van der Waals surface area contributed by atoms with Crippen LogP contribution in [-0.2, 0) is 11.3 Å². The number of pyridine rings is 1. The fourth-order valence-electron chi connectivity index (χ4n) is 2.92. The standard InChI is InChI=1S/C18H19N3O/c1-3-15(17-11-16-5-6-19-18(16)20-12-17)4-2-14(1)13-21-7-9-22-10-8-21/h1-6,11-12H,7-10,13H2,(H,19,20). The van der Waals surface area contributed by atoms with Crippen molar-refractivity contribution in [3.05, 3.63) is 54.4 Å². The Morgan fingerprint density at radius 3 is 2.68 bits per heavy atom. The smallest absolute Gasteiger partial charge is 0.137 e. The molecule has 0 amide bonds. The molecule has 0 radical (unpaired) electrons. The number of aromatic nitrogens is 2. The minimum absolute atomic E-state index is 0.848. The van der Waals surface area contributed by atoms with E-state index in [4.69, 9.17) is 4.74 Å². The van der Waals surface area contributed by atoms with Crippen molar-refractivity contribution in [2.45, 2.75) is 6.54 Å². The largest absolute Gasteiger partial charge is 0.379 e. The first-order valence-corrected chi connectivity index (χ1v) is 7.71. The van der Waals surface area contributed by atoms with E-state index in [-0.39, 0.29) is 0 Å². The van der Waals surface area contributed by atoms with Crippen LogP contribution >= 0.6 is 0 Å². The van der Waals surface area contributed by atoms with Gasteiger partial charge in [0.15, 0.2) is 0 Å². The second-order valence-electron chi connectivity index (χ2n) is 5.72. The molecule has 1 saturated heterocycles. The molecule has 0 saturated carbocycles. The molecule has 0 unspecified atom stereocenters. The number of nitrogens with one attached hydrogen (secondary N) is 1. The van der Waals surface area contributed by atoms with Crippen molar-refractivity contribution in [1.82, 2.24) is 14.9 Å². The lowest BCUT2D eigenvalue weighted by Gasteiger charge is -2.26. The molecule has 1 aliphatic rings. The van der Waals surface area contributed by atoms with Gasteiger partial charge in [-0.1, -0.05) is 24.3 Å². The monoisotopic (exact) mass is 293 g/mol. The Kier molecular flexibility index (Phi) is 3.62. The number of hydrogen-bond acceptors (Lipinski definition) is 3. The summed E-state index contributed by atoms with van der Waals surface area (Å²) in [4.78, 5) is 10.0. The second kappa shape index (κ2) is 5.91. The van der Waals surface area contributed by atoms with Crippen LogP contribution in [0.3, 0.4) is 0 Å². The molecule has 112 valence electrons. The molecule has 22 heavy (non-hydrogen) atoms. The van der Waals surface area contributed by atoms with Crippen molar-refractivity contribution in [1.29, 1.82) is 0 Å². The molecule has 4 rings (SSSR count). The third-order valence-electron chi connectivity index (χ3n) is 4.20. The molecule has 4 nitrogen and oxygen atoms in total. The summed E-state index contributed by atoms with van der Waals surface area (Å²) in [5.41, 5.74) is 4.65. The summed E-state index contributed by atoms with van der Waals surface area (Å²) >= 11 is 0. The van der Waals surface area contributed by atoms with E-state index in [2.05, 4.69) is 51.3 Å². The van der Waals surface area contributed by atoms with E-state index >= 15 is 0 Å². The number of morpholine rings is 1. The fourth-order valence-corrected chi connectivity index (χ4v) is 2.92. The van der Waals surface area contributed by atoms with Gasteiger partial charge in [-0.15, -0.1) is 0 Å². The van der Waals surface area contributed by atoms with Crippen LogP contribution in [0, 0.1) is 0 Å². The first-order chi connectivity index (χ1) is 10.9. The predicted molar refractivity (Wildman–Crippen MR) is 87.6 cm³/mol. The van der Waals surface area contributed by atoms with Crippen LogP contribution in [0.4, 0.5) is 0 Å². The molecule has 0 atom stereocenters. The van der Waals surface area contributed by atoms with Gasteiger partial charge in [-0.2, -0.15) is 0 Å². The second-order valence-corrected chi connectivity index (χ2v) is 5.72. The number of H-pyrrole nitrogens is 1. The Hall–Kier alpha value is -2.17. The van der Waals surface area contributed by atoms with Crippen molar-refractivity contribution >= 4 is 11.0 Å². The summed E-state index contributed by atoms with van der Waals surface area (Å²) in [6.45, 7) is 4.74. The average Bonchev–Trinajstić information content (AvgIpc) is 3.04. The van der Waals surface area contributed by atoms with Gasteiger partial charge < -0.3 is 9.72 Å². The number of nitrogens with zero attached hydrogens (tertiary/aromatic N) is 2. The van der Waals surface area contributed by atoms with E-state index in [1.165, 1.54) is 11.1 Å². The van der Waals surface area contributed by atoms with Crippen molar-refractivity contribution in [2.75, 3.05) is 26.3 Å². The lowest BCUT2D eigenvalue weighted by Crippen LogP contribution is -2.35. The van der Waals surface area contributed by atoms with Crippen LogP contribution in [0.2, 0.25) is 0 Å². The van der Waals surface area contributed by atoms with Gasteiger partial charge in [0.25, 0.3) is 0 Å². The quantitative estimate of drug-likeness (QED) is 0.807. The minimum atomic E-state index is 0.848. The first kappa shape index (κ1) is 13.5. The van der Waals surface area contributed by atoms with E-state index in [0.717, 1.165) is 49.4 Å². The van der Waals surface area contributed by atoms with Crippen LogP contribution in [0.25, 0.3) is 22.2 Å². The topological polar surface area (TPSA) is 41.1 Å². The van der Waals surface area contributed by atoms with Crippen molar-refractivity contribution in [3.8, 4) is 11.1 Å². The van der Waals surface area contributed by atoms with Crippen LogP contribution < -0.4 is 0 Å². The number of benzene rings is 1. The highest BCUT2D eigenvalue weighted by Gasteiger charge is 2.10. The zero-order chi connectivity index (χ0) is 14.8. The average molecular weight is 293 g/mol. The third-order valence-corrected chi connectivity index (χ3v) is 4.20. The number of fused-ring (bicyclic) bond motifs is 1. The summed E-state index contributed by atoms with van der Waals surface area (Å²) in [6.07, 6.45) is 3.85. The van der Waals surface area contributed by atoms with Crippen LogP contribution in [0.1, 0.15) is 5.56 Å². The van der Waals surface area contributed by atoms with E-state index in [9.17, 15) is 0 Å². The molecule has 3 aromatic rings. The molecule has 0 spiro atoms. The van der Waals surface area contributed by atoms with Gasteiger partial charge in [-0.05, 0) is 23.3 Å². The number of aromatic amines is 1. The maximum atomic E-state index is 5.39. The van der Waals surface area contributed by atoms with Crippen LogP contribution in [-0.4, -0.2) is 41.2 Å².